The van der Waals surface area contributed by atoms with E-state index in [9.17, 15) is 4.79 Å². The van der Waals surface area contributed by atoms with E-state index in [0.717, 1.165) is 11.3 Å². The van der Waals surface area contributed by atoms with Crippen LogP contribution in [0.1, 0.15) is 34.6 Å². The Bertz CT molecular complexity index is 672. The van der Waals surface area contributed by atoms with Crippen LogP contribution in [0.2, 0.25) is 0 Å². The predicted octanol–water partition coefficient (Wildman–Crippen LogP) is 3.06. The second-order valence-electron chi connectivity index (χ2n) is 5.41. The minimum Gasteiger partial charge on any atom is -0.477 e. The molecule has 1 amide bonds. The second kappa shape index (κ2) is 7.10. The summed E-state index contributed by atoms with van der Waals surface area (Å²) in [6, 6.07) is 5.68. The average Bonchev–Trinajstić information content (AvgIpc) is 3.09. The lowest BCUT2D eigenvalue weighted by molar-refractivity contribution is -0.0227. The summed E-state index contributed by atoms with van der Waals surface area (Å²) in [7, 11) is 0. The third kappa shape index (κ3) is 3.54. The standard InChI is InChI=1S/C17H20N2O3S/c1-3-21-16-14(5-4-12(2)18-16)17(20)19-7-8-22-15(10-19)13-6-9-23-11-13/h4-6,9,11,15H,3,7-8,10H2,1-2H3. The number of aryl methyl sites for hydroxylation is 1. The van der Waals surface area contributed by atoms with Crippen LogP contribution in [0.3, 0.4) is 0 Å². The highest BCUT2D eigenvalue weighted by Crippen LogP contribution is 2.26. The van der Waals surface area contributed by atoms with Gasteiger partial charge in [-0.3, -0.25) is 4.79 Å². The molecular formula is C17H20N2O3S. The molecule has 0 saturated carbocycles. The second-order valence-corrected chi connectivity index (χ2v) is 6.19. The Morgan fingerprint density at radius 2 is 2.35 bits per heavy atom. The summed E-state index contributed by atoms with van der Waals surface area (Å²) in [4.78, 5) is 19.0. The van der Waals surface area contributed by atoms with Crippen molar-refractivity contribution in [3.63, 3.8) is 0 Å². The van der Waals surface area contributed by atoms with Crippen molar-refractivity contribution in [1.29, 1.82) is 0 Å². The number of thiophene rings is 1. The molecule has 3 rings (SSSR count). The predicted molar refractivity (Wildman–Crippen MR) is 89.1 cm³/mol. The lowest BCUT2D eigenvalue weighted by atomic mass is 10.1. The molecule has 5 nitrogen and oxygen atoms in total. The summed E-state index contributed by atoms with van der Waals surface area (Å²) in [5, 5.41) is 4.09. The Labute approximate surface area is 139 Å². The van der Waals surface area contributed by atoms with Crippen molar-refractivity contribution in [3.05, 3.63) is 45.8 Å². The zero-order chi connectivity index (χ0) is 16.2. The number of rotatable bonds is 4. The number of morpholine rings is 1. The van der Waals surface area contributed by atoms with Gasteiger partial charge in [-0.15, -0.1) is 0 Å². The Morgan fingerprint density at radius 3 is 3.09 bits per heavy atom. The largest absolute Gasteiger partial charge is 0.477 e. The molecule has 2 aromatic rings. The SMILES string of the molecule is CCOc1nc(C)ccc1C(=O)N1CCOC(c2ccsc2)C1. The van der Waals surface area contributed by atoms with Gasteiger partial charge in [0.1, 0.15) is 11.7 Å². The number of carbonyl (C=O) groups is 1. The average molecular weight is 332 g/mol. The van der Waals surface area contributed by atoms with Gasteiger partial charge in [0.15, 0.2) is 0 Å². The van der Waals surface area contributed by atoms with E-state index in [1.807, 2.05) is 36.3 Å². The van der Waals surface area contributed by atoms with Crippen LogP contribution < -0.4 is 4.74 Å². The van der Waals surface area contributed by atoms with E-state index < -0.39 is 0 Å². The molecule has 122 valence electrons. The molecule has 0 bridgehead atoms. The Balaban J connectivity index is 1.80. The molecule has 0 spiro atoms. The van der Waals surface area contributed by atoms with E-state index in [2.05, 4.69) is 10.4 Å². The monoisotopic (exact) mass is 332 g/mol. The molecule has 1 unspecified atom stereocenters. The molecule has 3 heterocycles. The zero-order valence-electron chi connectivity index (χ0n) is 13.3. The summed E-state index contributed by atoms with van der Waals surface area (Å²) < 4.78 is 11.3. The highest BCUT2D eigenvalue weighted by molar-refractivity contribution is 7.07. The molecule has 0 aromatic carbocycles. The van der Waals surface area contributed by atoms with E-state index in [1.54, 1.807) is 17.4 Å². The molecule has 1 atom stereocenters. The summed E-state index contributed by atoms with van der Waals surface area (Å²) in [6.45, 7) is 5.93. The van der Waals surface area contributed by atoms with Gasteiger partial charge >= 0.3 is 0 Å². The molecule has 0 aliphatic carbocycles. The maximum atomic E-state index is 12.9. The highest BCUT2D eigenvalue weighted by Gasteiger charge is 2.28. The summed E-state index contributed by atoms with van der Waals surface area (Å²) in [6.07, 6.45) is -0.0621. The molecule has 1 aliphatic rings. The van der Waals surface area contributed by atoms with Gasteiger partial charge in [-0.2, -0.15) is 11.3 Å². The van der Waals surface area contributed by atoms with Gasteiger partial charge < -0.3 is 14.4 Å². The van der Waals surface area contributed by atoms with Crippen LogP contribution in [-0.4, -0.2) is 42.1 Å². The van der Waals surface area contributed by atoms with Gasteiger partial charge in [-0.1, -0.05) is 0 Å². The number of pyridine rings is 1. The molecule has 1 fully saturated rings. The third-order valence-corrected chi connectivity index (χ3v) is 4.48. The van der Waals surface area contributed by atoms with E-state index in [-0.39, 0.29) is 12.0 Å². The number of ether oxygens (including phenoxy) is 2. The van der Waals surface area contributed by atoms with E-state index in [4.69, 9.17) is 9.47 Å². The third-order valence-electron chi connectivity index (χ3n) is 3.78. The van der Waals surface area contributed by atoms with Crippen LogP contribution in [0, 0.1) is 6.92 Å². The van der Waals surface area contributed by atoms with Gasteiger partial charge in [-0.05, 0) is 48.4 Å². The number of nitrogens with zero attached hydrogens (tertiary/aromatic N) is 2. The fraction of sp³-hybridized carbons (Fsp3) is 0.412. The number of hydrogen-bond acceptors (Lipinski definition) is 5. The van der Waals surface area contributed by atoms with Crippen molar-refractivity contribution in [2.24, 2.45) is 0 Å². The molecule has 1 aliphatic heterocycles. The van der Waals surface area contributed by atoms with Gasteiger partial charge in [0.05, 0.1) is 19.8 Å². The van der Waals surface area contributed by atoms with Crippen molar-refractivity contribution in [3.8, 4) is 5.88 Å². The summed E-state index contributed by atoms with van der Waals surface area (Å²) in [5.74, 6) is 0.362. The molecule has 2 aromatic heterocycles. The van der Waals surface area contributed by atoms with Crippen molar-refractivity contribution in [2.45, 2.75) is 20.0 Å². The molecule has 0 N–H and O–H groups in total. The fourth-order valence-corrected chi connectivity index (χ4v) is 3.31. The molecular weight excluding hydrogens is 312 g/mol. The maximum absolute atomic E-state index is 12.9. The first kappa shape index (κ1) is 16.0. The van der Waals surface area contributed by atoms with Crippen molar-refractivity contribution in [2.75, 3.05) is 26.3 Å². The molecule has 23 heavy (non-hydrogen) atoms. The first-order valence-corrected chi connectivity index (χ1v) is 8.66. The fourth-order valence-electron chi connectivity index (χ4n) is 2.61. The van der Waals surface area contributed by atoms with E-state index >= 15 is 0 Å². The van der Waals surface area contributed by atoms with Crippen LogP contribution >= 0.6 is 11.3 Å². The molecule has 0 radical (unpaired) electrons. The Kier molecular flexibility index (Phi) is 4.93. The number of carbonyl (C=O) groups excluding carboxylic acids is 1. The van der Waals surface area contributed by atoms with Crippen molar-refractivity contribution < 1.29 is 14.3 Å². The van der Waals surface area contributed by atoms with E-state index in [0.29, 0.717) is 37.7 Å². The Hall–Kier alpha value is -1.92. The molecule has 1 saturated heterocycles. The molecule has 6 heteroatoms. The minimum absolute atomic E-state index is 0.0514. The highest BCUT2D eigenvalue weighted by atomic mass is 32.1. The van der Waals surface area contributed by atoms with Crippen LogP contribution in [0.25, 0.3) is 0 Å². The lowest BCUT2D eigenvalue weighted by Crippen LogP contribution is -2.42. The minimum atomic E-state index is -0.0621. The smallest absolute Gasteiger partial charge is 0.259 e. The number of hydrogen-bond donors (Lipinski definition) is 0. The van der Waals surface area contributed by atoms with Crippen LogP contribution in [0.4, 0.5) is 0 Å². The summed E-state index contributed by atoms with van der Waals surface area (Å²) >= 11 is 1.64. The normalized spacial score (nSPS) is 18.0. The van der Waals surface area contributed by atoms with E-state index in [1.165, 1.54) is 0 Å². The topological polar surface area (TPSA) is 51.7 Å². The maximum Gasteiger partial charge on any atom is 0.259 e. The zero-order valence-corrected chi connectivity index (χ0v) is 14.1. The van der Waals surface area contributed by atoms with Crippen molar-refractivity contribution >= 4 is 17.2 Å². The number of aromatic nitrogens is 1. The lowest BCUT2D eigenvalue weighted by Gasteiger charge is -2.33. The number of amides is 1. The summed E-state index contributed by atoms with van der Waals surface area (Å²) in [5.41, 5.74) is 2.48. The van der Waals surface area contributed by atoms with Gasteiger partial charge in [0.2, 0.25) is 5.88 Å². The van der Waals surface area contributed by atoms with Gasteiger partial charge in [0.25, 0.3) is 5.91 Å². The van der Waals surface area contributed by atoms with Crippen LogP contribution in [0.15, 0.2) is 29.0 Å². The first-order chi connectivity index (χ1) is 11.2. The Morgan fingerprint density at radius 1 is 1.48 bits per heavy atom. The van der Waals surface area contributed by atoms with Gasteiger partial charge in [0, 0.05) is 12.2 Å². The van der Waals surface area contributed by atoms with Crippen LogP contribution in [0.5, 0.6) is 5.88 Å². The quantitative estimate of drug-likeness (QED) is 0.863. The first-order valence-electron chi connectivity index (χ1n) is 7.72. The van der Waals surface area contributed by atoms with Crippen molar-refractivity contribution in [1.82, 2.24) is 9.88 Å². The van der Waals surface area contributed by atoms with Gasteiger partial charge in [-0.25, -0.2) is 4.98 Å². The van der Waals surface area contributed by atoms with Crippen LogP contribution in [-0.2, 0) is 4.74 Å².